The lowest BCUT2D eigenvalue weighted by Crippen LogP contribution is -2.40. The number of anilines is 1. The van der Waals surface area contributed by atoms with Gasteiger partial charge >= 0.3 is 0 Å². The van der Waals surface area contributed by atoms with E-state index in [9.17, 15) is 4.79 Å². The lowest BCUT2D eigenvalue weighted by molar-refractivity contribution is -0.119. The summed E-state index contributed by atoms with van der Waals surface area (Å²) in [7, 11) is 0. The highest BCUT2D eigenvalue weighted by Gasteiger charge is 2.30. The van der Waals surface area contributed by atoms with Crippen LogP contribution in [-0.2, 0) is 4.79 Å². The van der Waals surface area contributed by atoms with Gasteiger partial charge in [0.15, 0.2) is 0 Å². The van der Waals surface area contributed by atoms with Crippen LogP contribution in [0.4, 0.5) is 5.82 Å². The number of hydrogen-bond acceptors (Lipinski definition) is 4. The molecule has 0 saturated heterocycles. The average Bonchev–Trinajstić information content (AvgIpc) is 3.19. The molecule has 0 spiro atoms. The fraction of sp³-hybridized carbons (Fsp3) is 0.526. The Morgan fingerprint density at radius 3 is 2.67 bits per heavy atom. The summed E-state index contributed by atoms with van der Waals surface area (Å²) in [5.74, 6) is 1.78. The van der Waals surface area contributed by atoms with Crippen LogP contribution < -0.4 is 4.90 Å². The van der Waals surface area contributed by atoms with Crippen LogP contribution in [0.2, 0.25) is 0 Å². The van der Waals surface area contributed by atoms with E-state index in [0.717, 1.165) is 35.7 Å². The summed E-state index contributed by atoms with van der Waals surface area (Å²) in [6.07, 6.45) is 6.67. The van der Waals surface area contributed by atoms with Crippen LogP contribution >= 0.6 is 0 Å². The highest BCUT2D eigenvalue weighted by atomic mass is 16.5. The Hall–Kier alpha value is -2.17. The largest absolute Gasteiger partial charge is 0.361 e. The van der Waals surface area contributed by atoms with Gasteiger partial charge in [0.1, 0.15) is 11.6 Å². The topological polar surface area (TPSA) is 59.2 Å². The van der Waals surface area contributed by atoms with Crippen molar-refractivity contribution in [2.45, 2.75) is 64.8 Å². The zero-order valence-electron chi connectivity index (χ0n) is 14.7. The molecule has 0 aromatic carbocycles. The number of amides is 1. The molecule has 5 nitrogen and oxygen atoms in total. The molecule has 0 unspecified atom stereocenters. The maximum atomic E-state index is 13.1. The number of pyridine rings is 1. The molecular formula is C19H25N3O2. The van der Waals surface area contributed by atoms with Crippen LogP contribution in [-0.4, -0.2) is 22.1 Å². The number of hydrogen-bond donors (Lipinski definition) is 0. The fourth-order valence-electron chi connectivity index (χ4n) is 3.83. The first-order valence-corrected chi connectivity index (χ1v) is 8.73. The molecule has 0 aliphatic heterocycles. The summed E-state index contributed by atoms with van der Waals surface area (Å²) in [4.78, 5) is 19.4. The first-order chi connectivity index (χ1) is 11.6. The van der Waals surface area contributed by atoms with E-state index in [1.165, 1.54) is 12.8 Å². The van der Waals surface area contributed by atoms with E-state index in [-0.39, 0.29) is 17.9 Å². The average molecular weight is 327 g/mol. The predicted octanol–water partition coefficient (Wildman–Crippen LogP) is 4.16. The Bertz CT molecular complexity index is 670. The molecule has 1 amide bonds. The second kappa shape index (κ2) is 7.16. The van der Waals surface area contributed by atoms with Gasteiger partial charge < -0.3 is 4.52 Å². The minimum absolute atomic E-state index is 0.0800. The highest BCUT2D eigenvalue weighted by Crippen LogP contribution is 2.31. The van der Waals surface area contributed by atoms with Gasteiger partial charge in [-0.3, -0.25) is 9.69 Å². The van der Waals surface area contributed by atoms with Crippen molar-refractivity contribution in [3.8, 4) is 0 Å². The number of aryl methyl sites for hydroxylation is 2. The van der Waals surface area contributed by atoms with Crippen LogP contribution in [0.3, 0.4) is 0 Å². The SMILES string of the molecule is Cc1noc(C)c1[C@@H](C)CC(=O)N(c1ccccn1)C1CCCC1. The predicted molar refractivity (Wildman–Crippen MR) is 93.0 cm³/mol. The minimum atomic E-state index is 0.0800. The zero-order chi connectivity index (χ0) is 17.1. The molecule has 1 saturated carbocycles. The molecule has 1 atom stereocenters. The van der Waals surface area contributed by atoms with E-state index in [4.69, 9.17) is 4.52 Å². The van der Waals surface area contributed by atoms with E-state index in [2.05, 4.69) is 17.1 Å². The van der Waals surface area contributed by atoms with Gasteiger partial charge in [-0.1, -0.05) is 31.0 Å². The lowest BCUT2D eigenvalue weighted by Gasteiger charge is -2.29. The molecule has 5 heteroatoms. The molecule has 3 rings (SSSR count). The maximum Gasteiger partial charge on any atom is 0.229 e. The third-order valence-electron chi connectivity index (χ3n) is 4.92. The van der Waals surface area contributed by atoms with E-state index in [1.54, 1.807) is 6.20 Å². The quantitative estimate of drug-likeness (QED) is 0.827. The van der Waals surface area contributed by atoms with Crippen molar-refractivity contribution in [2.75, 3.05) is 4.90 Å². The van der Waals surface area contributed by atoms with E-state index < -0.39 is 0 Å². The standard InChI is InChI=1S/C19H25N3O2/c1-13(19-14(2)21-24-15(19)3)12-18(23)22(16-8-4-5-9-16)17-10-6-7-11-20-17/h6-7,10-11,13,16H,4-5,8-9,12H2,1-3H3/t13-/m0/s1. The van der Waals surface area contributed by atoms with Gasteiger partial charge in [0.25, 0.3) is 0 Å². The fourth-order valence-corrected chi connectivity index (χ4v) is 3.83. The van der Waals surface area contributed by atoms with Crippen LogP contribution in [0.25, 0.3) is 0 Å². The van der Waals surface area contributed by atoms with Crippen molar-refractivity contribution in [1.82, 2.24) is 10.1 Å². The first kappa shape index (κ1) is 16.7. The molecule has 2 aromatic heterocycles. The first-order valence-electron chi connectivity index (χ1n) is 8.73. The Kier molecular flexibility index (Phi) is 4.97. The van der Waals surface area contributed by atoms with Gasteiger partial charge in [-0.2, -0.15) is 0 Å². The van der Waals surface area contributed by atoms with Crippen LogP contribution in [0.5, 0.6) is 0 Å². The number of nitrogens with zero attached hydrogens (tertiary/aromatic N) is 3. The third-order valence-corrected chi connectivity index (χ3v) is 4.92. The summed E-state index contributed by atoms with van der Waals surface area (Å²) in [5, 5.41) is 4.01. The molecule has 24 heavy (non-hydrogen) atoms. The van der Waals surface area contributed by atoms with Gasteiger partial charge in [0.05, 0.1) is 5.69 Å². The van der Waals surface area contributed by atoms with Gasteiger partial charge in [0.2, 0.25) is 5.91 Å². The Morgan fingerprint density at radius 1 is 1.33 bits per heavy atom. The second-order valence-corrected chi connectivity index (χ2v) is 6.73. The van der Waals surface area contributed by atoms with E-state index in [1.807, 2.05) is 36.9 Å². The summed E-state index contributed by atoms with van der Waals surface area (Å²) >= 11 is 0. The minimum Gasteiger partial charge on any atom is -0.361 e. The summed E-state index contributed by atoms with van der Waals surface area (Å²) in [6, 6.07) is 6.02. The highest BCUT2D eigenvalue weighted by molar-refractivity contribution is 5.93. The monoisotopic (exact) mass is 327 g/mol. The molecule has 0 radical (unpaired) electrons. The van der Waals surface area contributed by atoms with Crippen molar-refractivity contribution in [3.63, 3.8) is 0 Å². The molecule has 2 aromatic rings. The molecular weight excluding hydrogens is 302 g/mol. The number of rotatable bonds is 5. The van der Waals surface area contributed by atoms with Crippen molar-refractivity contribution < 1.29 is 9.32 Å². The normalized spacial score (nSPS) is 16.3. The third kappa shape index (κ3) is 3.35. The van der Waals surface area contributed by atoms with Gasteiger partial charge in [-0.25, -0.2) is 4.98 Å². The van der Waals surface area contributed by atoms with Gasteiger partial charge in [-0.15, -0.1) is 0 Å². The van der Waals surface area contributed by atoms with Crippen molar-refractivity contribution in [1.29, 1.82) is 0 Å². The number of aromatic nitrogens is 2. The zero-order valence-corrected chi connectivity index (χ0v) is 14.7. The van der Waals surface area contributed by atoms with E-state index in [0.29, 0.717) is 6.42 Å². The van der Waals surface area contributed by atoms with Crippen LogP contribution in [0.15, 0.2) is 28.9 Å². The maximum absolute atomic E-state index is 13.1. The summed E-state index contributed by atoms with van der Waals surface area (Å²) < 4.78 is 5.26. The second-order valence-electron chi connectivity index (χ2n) is 6.73. The van der Waals surface area contributed by atoms with Crippen LogP contribution in [0, 0.1) is 13.8 Å². The van der Waals surface area contributed by atoms with Crippen molar-refractivity contribution >= 4 is 11.7 Å². The molecule has 0 bridgehead atoms. The summed E-state index contributed by atoms with van der Waals surface area (Å²) in [6.45, 7) is 5.90. The smallest absolute Gasteiger partial charge is 0.229 e. The molecule has 1 aliphatic rings. The molecule has 0 N–H and O–H groups in total. The molecule has 1 aliphatic carbocycles. The van der Waals surface area contributed by atoms with Crippen LogP contribution in [0.1, 0.15) is 62.0 Å². The van der Waals surface area contributed by atoms with E-state index >= 15 is 0 Å². The number of carbonyl (C=O) groups excluding carboxylic acids is 1. The van der Waals surface area contributed by atoms with Crippen molar-refractivity contribution in [3.05, 3.63) is 41.4 Å². The van der Waals surface area contributed by atoms with Gasteiger partial charge in [-0.05, 0) is 44.7 Å². The molecule has 2 heterocycles. The lowest BCUT2D eigenvalue weighted by atomic mass is 9.95. The number of carbonyl (C=O) groups is 1. The Balaban J connectivity index is 1.81. The molecule has 1 fully saturated rings. The Morgan fingerprint density at radius 2 is 2.08 bits per heavy atom. The van der Waals surface area contributed by atoms with Gasteiger partial charge in [0, 0.05) is 24.2 Å². The molecule has 128 valence electrons. The Labute approximate surface area is 143 Å². The summed E-state index contributed by atoms with van der Waals surface area (Å²) in [5.41, 5.74) is 1.92. The van der Waals surface area contributed by atoms with Crippen molar-refractivity contribution in [2.24, 2.45) is 0 Å².